The lowest BCUT2D eigenvalue weighted by atomic mass is 10.1. The maximum Gasteiger partial charge on any atom is 0.229 e. The summed E-state index contributed by atoms with van der Waals surface area (Å²) < 4.78 is 0. The van der Waals surface area contributed by atoms with E-state index in [0.717, 1.165) is 37.6 Å². The van der Waals surface area contributed by atoms with Crippen molar-refractivity contribution in [3.05, 3.63) is 23.9 Å². The molecule has 4 heteroatoms. The number of carbonyl (C=O) groups excluding carboxylic acids is 1. The molecule has 2 aliphatic rings. The maximum atomic E-state index is 12.1. The van der Waals surface area contributed by atoms with E-state index in [9.17, 15) is 4.79 Å². The molecule has 0 aliphatic carbocycles. The predicted molar refractivity (Wildman–Crippen MR) is 70.6 cm³/mol. The van der Waals surface area contributed by atoms with E-state index < -0.39 is 0 Å². The van der Waals surface area contributed by atoms with Crippen molar-refractivity contribution >= 4 is 11.7 Å². The van der Waals surface area contributed by atoms with Gasteiger partial charge in [-0.05, 0) is 38.1 Å². The fraction of sp³-hybridized carbons (Fsp3) is 0.571. The molecular formula is C14H19N3O. The van der Waals surface area contributed by atoms with Crippen molar-refractivity contribution in [2.45, 2.75) is 32.2 Å². The molecule has 4 nitrogen and oxygen atoms in total. The van der Waals surface area contributed by atoms with Crippen LogP contribution in [0.25, 0.3) is 0 Å². The summed E-state index contributed by atoms with van der Waals surface area (Å²) in [6.07, 6.45) is 2.83. The van der Waals surface area contributed by atoms with Crippen LogP contribution < -0.4 is 4.90 Å². The fourth-order valence-electron chi connectivity index (χ4n) is 2.67. The summed E-state index contributed by atoms with van der Waals surface area (Å²) in [5.41, 5.74) is 1.05. The largest absolute Gasteiger partial charge is 0.298 e. The highest BCUT2D eigenvalue weighted by molar-refractivity contribution is 5.95. The number of likely N-dealkylation sites (tertiary alicyclic amines) is 1. The Morgan fingerprint density at radius 1 is 1.39 bits per heavy atom. The third-order valence-electron chi connectivity index (χ3n) is 3.94. The summed E-state index contributed by atoms with van der Waals surface area (Å²) in [6.45, 7) is 5.18. The van der Waals surface area contributed by atoms with Crippen molar-refractivity contribution in [2.24, 2.45) is 0 Å². The Balaban J connectivity index is 1.77. The van der Waals surface area contributed by atoms with E-state index in [1.54, 1.807) is 0 Å². The minimum Gasteiger partial charge on any atom is -0.298 e. The maximum absolute atomic E-state index is 12.1. The predicted octanol–water partition coefficient (Wildman–Crippen LogP) is 1.45. The van der Waals surface area contributed by atoms with Crippen LogP contribution in [0.15, 0.2) is 18.2 Å². The van der Waals surface area contributed by atoms with Crippen molar-refractivity contribution in [1.29, 1.82) is 0 Å². The Labute approximate surface area is 108 Å². The third-order valence-corrected chi connectivity index (χ3v) is 3.94. The molecule has 0 radical (unpaired) electrons. The van der Waals surface area contributed by atoms with Crippen LogP contribution in [-0.4, -0.2) is 41.5 Å². The van der Waals surface area contributed by atoms with Gasteiger partial charge in [0.2, 0.25) is 5.91 Å². The van der Waals surface area contributed by atoms with E-state index >= 15 is 0 Å². The van der Waals surface area contributed by atoms with Crippen molar-refractivity contribution in [3.63, 3.8) is 0 Å². The third kappa shape index (κ3) is 2.01. The molecule has 0 spiro atoms. The fourth-order valence-corrected chi connectivity index (χ4v) is 2.67. The summed E-state index contributed by atoms with van der Waals surface area (Å²) in [5.74, 6) is 1.04. The van der Waals surface area contributed by atoms with Crippen LogP contribution in [0.2, 0.25) is 0 Å². The minimum absolute atomic E-state index is 0.215. The smallest absolute Gasteiger partial charge is 0.229 e. The molecule has 0 N–H and O–H groups in total. The van der Waals surface area contributed by atoms with Crippen molar-refractivity contribution < 1.29 is 4.79 Å². The first-order chi connectivity index (χ1) is 8.78. The van der Waals surface area contributed by atoms with Crippen LogP contribution in [-0.2, 0) is 11.2 Å². The molecule has 0 bridgehead atoms. The number of anilines is 1. The van der Waals surface area contributed by atoms with Crippen molar-refractivity contribution in [2.75, 3.05) is 24.5 Å². The quantitative estimate of drug-likeness (QED) is 0.809. The number of aryl methyl sites for hydroxylation is 1. The second kappa shape index (κ2) is 4.69. The van der Waals surface area contributed by atoms with E-state index in [1.807, 2.05) is 23.1 Å². The standard InChI is InChI=1S/C14H19N3O/c1-2-11-5-3-6-13(15-11)17-10-12(9-14(17)18)16-7-4-8-16/h3,5-6,12H,2,4,7-10H2,1H3/t12-/m0/s1. The molecule has 3 heterocycles. The lowest BCUT2D eigenvalue weighted by molar-refractivity contribution is -0.117. The van der Waals surface area contributed by atoms with Crippen LogP contribution in [0.4, 0.5) is 5.82 Å². The molecule has 2 fully saturated rings. The van der Waals surface area contributed by atoms with Gasteiger partial charge in [0.1, 0.15) is 5.82 Å². The number of nitrogens with zero attached hydrogens (tertiary/aromatic N) is 3. The molecule has 18 heavy (non-hydrogen) atoms. The molecule has 1 amide bonds. The zero-order chi connectivity index (χ0) is 12.5. The highest BCUT2D eigenvalue weighted by Gasteiger charge is 2.36. The van der Waals surface area contributed by atoms with Gasteiger partial charge in [0.25, 0.3) is 0 Å². The zero-order valence-electron chi connectivity index (χ0n) is 10.8. The summed E-state index contributed by atoms with van der Waals surface area (Å²) in [7, 11) is 0. The average Bonchev–Trinajstić information content (AvgIpc) is 2.69. The first-order valence-electron chi connectivity index (χ1n) is 6.78. The van der Waals surface area contributed by atoms with Gasteiger partial charge in [0, 0.05) is 24.7 Å². The van der Waals surface area contributed by atoms with Crippen LogP contribution in [0.3, 0.4) is 0 Å². The van der Waals surface area contributed by atoms with Gasteiger partial charge >= 0.3 is 0 Å². The van der Waals surface area contributed by atoms with E-state index in [2.05, 4.69) is 16.8 Å². The second-order valence-electron chi connectivity index (χ2n) is 5.09. The normalized spacial score (nSPS) is 24.4. The van der Waals surface area contributed by atoms with Gasteiger partial charge in [-0.2, -0.15) is 0 Å². The number of hydrogen-bond donors (Lipinski definition) is 0. The lowest BCUT2D eigenvalue weighted by Gasteiger charge is -2.35. The summed E-state index contributed by atoms with van der Waals surface area (Å²) in [5, 5.41) is 0. The van der Waals surface area contributed by atoms with E-state index in [4.69, 9.17) is 0 Å². The van der Waals surface area contributed by atoms with Crippen molar-refractivity contribution in [1.82, 2.24) is 9.88 Å². The van der Waals surface area contributed by atoms with Gasteiger partial charge in [0.05, 0.1) is 0 Å². The van der Waals surface area contributed by atoms with Crippen molar-refractivity contribution in [3.8, 4) is 0 Å². The first-order valence-corrected chi connectivity index (χ1v) is 6.78. The topological polar surface area (TPSA) is 36.4 Å². The summed E-state index contributed by atoms with van der Waals surface area (Å²) in [6, 6.07) is 6.34. The van der Waals surface area contributed by atoms with Crippen LogP contribution in [0, 0.1) is 0 Å². The highest BCUT2D eigenvalue weighted by Crippen LogP contribution is 2.25. The minimum atomic E-state index is 0.215. The molecule has 0 aromatic carbocycles. The average molecular weight is 245 g/mol. The molecule has 1 aromatic rings. The first kappa shape index (κ1) is 11.7. The SMILES string of the molecule is CCc1cccc(N2C[C@@H](N3CCC3)CC2=O)n1. The molecule has 0 unspecified atom stereocenters. The van der Waals surface area contributed by atoms with E-state index in [0.29, 0.717) is 12.5 Å². The second-order valence-corrected chi connectivity index (χ2v) is 5.09. The van der Waals surface area contributed by atoms with Gasteiger partial charge in [0.15, 0.2) is 0 Å². The zero-order valence-corrected chi connectivity index (χ0v) is 10.8. The van der Waals surface area contributed by atoms with Gasteiger partial charge < -0.3 is 0 Å². The Hall–Kier alpha value is -1.42. The number of amides is 1. The Bertz CT molecular complexity index is 456. The summed E-state index contributed by atoms with van der Waals surface area (Å²) >= 11 is 0. The Morgan fingerprint density at radius 2 is 2.22 bits per heavy atom. The molecule has 2 saturated heterocycles. The number of rotatable bonds is 3. The van der Waals surface area contributed by atoms with Crippen LogP contribution in [0.1, 0.15) is 25.5 Å². The number of hydrogen-bond acceptors (Lipinski definition) is 3. The number of aromatic nitrogens is 1. The lowest BCUT2D eigenvalue weighted by Crippen LogP contribution is -2.46. The molecule has 0 saturated carbocycles. The van der Waals surface area contributed by atoms with E-state index in [-0.39, 0.29) is 5.91 Å². The monoisotopic (exact) mass is 245 g/mol. The molecule has 1 aromatic heterocycles. The van der Waals surface area contributed by atoms with Gasteiger partial charge in [-0.15, -0.1) is 0 Å². The van der Waals surface area contributed by atoms with E-state index in [1.165, 1.54) is 6.42 Å². The van der Waals surface area contributed by atoms with Crippen LogP contribution >= 0.6 is 0 Å². The van der Waals surface area contributed by atoms with Gasteiger partial charge in [-0.3, -0.25) is 14.6 Å². The molecule has 3 rings (SSSR count). The Morgan fingerprint density at radius 3 is 2.89 bits per heavy atom. The molecular weight excluding hydrogens is 226 g/mol. The summed E-state index contributed by atoms with van der Waals surface area (Å²) in [4.78, 5) is 20.9. The number of pyridine rings is 1. The van der Waals surface area contributed by atoms with Crippen LogP contribution in [0.5, 0.6) is 0 Å². The number of carbonyl (C=O) groups is 1. The molecule has 1 atom stereocenters. The van der Waals surface area contributed by atoms with Gasteiger partial charge in [-0.25, -0.2) is 4.98 Å². The molecule has 96 valence electrons. The highest BCUT2D eigenvalue weighted by atomic mass is 16.2. The van der Waals surface area contributed by atoms with Gasteiger partial charge in [-0.1, -0.05) is 13.0 Å². The Kier molecular flexibility index (Phi) is 3.04. The molecule has 2 aliphatic heterocycles.